The van der Waals surface area contributed by atoms with Crippen LogP contribution < -0.4 is 16.4 Å². The summed E-state index contributed by atoms with van der Waals surface area (Å²) in [5, 5.41) is 6.42. The number of hydrogen-bond acceptors (Lipinski definition) is 5. The molecule has 1 aliphatic rings. The van der Waals surface area contributed by atoms with E-state index in [9.17, 15) is 19.2 Å². The van der Waals surface area contributed by atoms with Crippen molar-refractivity contribution in [2.45, 2.75) is 57.7 Å². The molecule has 1 heterocycles. The molecule has 2 atom stereocenters. The van der Waals surface area contributed by atoms with E-state index in [4.69, 9.17) is 28.9 Å². The van der Waals surface area contributed by atoms with Crippen molar-refractivity contribution in [1.82, 2.24) is 10.2 Å². The van der Waals surface area contributed by atoms with Gasteiger partial charge in [0.2, 0.25) is 17.7 Å². The molecule has 0 spiro atoms. The number of carbonyl (C=O) groups excluding carboxylic acids is 4. The summed E-state index contributed by atoms with van der Waals surface area (Å²) >= 11 is 12.5. The van der Waals surface area contributed by atoms with E-state index in [0.717, 1.165) is 11.1 Å². The molecule has 0 saturated carbocycles. The first-order valence-corrected chi connectivity index (χ1v) is 14.7. The van der Waals surface area contributed by atoms with Gasteiger partial charge in [0.1, 0.15) is 12.1 Å². The number of ketones is 1. The summed E-state index contributed by atoms with van der Waals surface area (Å²) in [4.78, 5) is 54.6. The highest BCUT2D eigenvalue weighted by Gasteiger charge is 2.36. The number of fused-ring (bicyclic) bond motifs is 1. The summed E-state index contributed by atoms with van der Waals surface area (Å²) in [6, 6.07) is 17.9. The Morgan fingerprint density at radius 3 is 2.33 bits per heavy atom. The fraction of sp³-hybridized carbons (Fsp3) is 0.312. The van der Waals surface area contributed by atoms with Crippen LogP contribution in [0.1, 0.15) is 53.2 Å². The number of amides is 3. The number of Topliss-reactive ketones (excluding diaryl/α,β-unsaturated/α-hetero) is 1. The van der Waals surface area contributed by atoms with E-state index < -0.39 is 23.9 Å². The van der Waals surface area contributed by atoms with Crippen LogP contribution in [0.4, 0.5) is 5.69 Å². The van der Waals surface area contributed by atoms with E-state index in [1.165, 1.54) is 4.90 Å². The van der Waals surface area contributed by atoms with Gasteiger partial charge in [-0.3, -0.25) is 19.2 Å². The van der Waals surface area contributed by atoms with E-state index in [2.05, 4.69) is 10.6 Å². The lowest BCUT2D eigenvalue weighted by Crippen LogP contribution is -2.56. The van der Waals surface area contributed by atoms with Crippen LogP contribution in [-0.4, -0.2) is 47.0 Å². The van der Waals surface area contributed by atoms with Gasteiger partial charge in [-0.25, -0.2) is 0 Å². The normalized spacial score (nSPS) is 15.0. The van der Waals surface area contributed by atoms with Crippen molar-refractivity contribution in [2.24, 2.45) is 5.73 Å². The molecule has 0 bridgehead atoms. The summed E-state index contributed by atoms with van der Waals surface area (Å²) in [5.41, 5.74) is 9.41. The number of nitrogens with one attached hydrogen (secondary N) is 2. The first-order chi connectivity index (χ1) is 20.2. The van der Waals surface area contributed by atoms with E-state index in [1.54, 1.807) is 36.4 Å². The number of rotatable bonds is 11. The Hall–Kier alpha value is -3.72. The topological polar surface area (TPSA) is 122 Å². The van der Waals surface area contributed by atoms with Crippen molar-refractivity contribution in [2.75, 3.05) is 11.9 Å². The minimum Gasteiger partial charge on any atom is -0.342 e. The molecule has 0 fully saturated rings. The predicted molar refractivity (Wildman–Crippen MR) is 165 cm³/mol. The van der Waals surface area contributed by atoms with E-state index in [1.807, 2.05) is 37.3 Å². The van der Waals surface area contributed by atoms with Crippen molar-refractivity contribution in [1.29, 1.82) is 0 Å². The van der Waals surface area contributed by atoms with Gasteiger partial charge in [0.25, 0.3) is 0 Å². The van der Waals surface area contributed by atoms with E-state index >= 15 is 0 Å². The summed E-state index contributed by atoms with van der Waals surface area (Å²) in [5.74, 6) is -1.37. The van der Waals surface area contributed by atoms with Gasteiger partial charge in [0.15, 0.2) is 5.78 Å². The molecule has 10 heteroatoms. The molecular weight excluding hydrogens is 575 g/mol. The number of anilines is 1. The molecule has 4 rings (SSSR count). The van der Waals surface area contributed by atoms with Crippen molar-refractivity contribution in [3.05, 3.63) is 99.0 Å². The lowest BCUT2D eigenvalue weighted by atomic mass is 9.92. The second kappa shape index (κ2) is 14.4. The van der Waals surface area contributed by atoms with Crippen LogP contribution in [0.2, 0.25) is 10.0 Å². The fourth-order valence-electron chi connectivity index (χ4n) is 5.13. The van der Waals surface area contributed by atoms with Crippen LogP contribution in [0.25, 0.3) is 0 Å². The molecule has 0 saturated heterocycles. The molecule has 42 heavy (non-hydrogen) atoms. The average molecular weight is 610 g/mol. The molecule has 220 valence electrons. The lowest BCUT2D eigenvalue weighted by Gasteiger charge is -2.36. The maximum Gasteiger partial charge on any atom is 0.247 e. The molecule has 4 N–H and O–H groups in total. The molecule has 3 aromatic carbocycles. The molecule has 3 aromatic rings. The summed E-state index contributed by atoms with van der Waals surface area (Å²) in [6.07, 6.45) is 0.988. The highest BCUT2D eigenvalue weighted by atomic mass is 35.5. The molecule has 0 unspecified atom stereocenters. The number of carbonyl (C=O) groups is 4. The maximum atomic E-state index is 13.7. The number of halogens is 2. The maximum absolute atomic E-state index is 13.7. The van der Waals surface area contributed by atoms with Gasteiger partial charge >= 0.3 is 0 Å². The van der Waals surface area contributed by atoms with E-state index in [-0.39, 0.29) is 50.5 Å². The Balaban J connectivity index is 1.51. The Kier molecular flexibility index (Phi) is 10.7. The third-order valence-corrected chi connectivity index (χ3v) is 8.27. The molecule has 0 aliphatic carbocycles. The third kappa shape index (κ3) is 7.37. The third-order valence-electron chi connectivity index (χ3n) is 7.43. The van der Waals surface area contributed by atoms with Gasteiger partial charge < -0.3 is 21.3 Å². The van der Waals surface area contributed by atoms with Crippen LogP contribution >= 0.6 is 23.2 Å². The van der Waals surface area contributed by atoms with E-state index in [0.29, 0.717) is 33.3 Å². The Labute approximate surface area is 255 Å². The molecule has 3 amide bonds. The lowest BCUT2D eigenvalue weighted by molar-refractivity contribution is -0.142. The van der Waals surface area contributed by atoms with Gasteiger partial charge in [0.05, 0.1) is 10.0 Å². The summed E-state index contributed by atoms with van der Waals surface area (Å²) in [6.45, 7) is 2.27. The molecule has 0 aromatic heterocycles. The van der Waals surface area contributed by atoms with Gasteiger partial charge in [-0.2, -0.15) is 0 Å². The first kappa shape index (κ1) is 31.2. The zero-order valence-electron chi connectivity index (χ0n) is 23.4. The number of benzene rings is 3. The van der Waals surface area contributed by atoms with Crippen LogP contribution in [-0.2, 0) is 33.8 Å². The minimum absolute atomic E-state index is 0.0248. The molecular formula is C32H34Cl2N4O4. The largest absolute Gasteiger partial charge is 0.342 e. The monoisotopic (exact) mass is 608 g/mol. The highest BCUT2D eigenvalue weighted by molar-refractivity contribution is 6.42. The predicted octanol–water partition coefficient (Wildman–Crippen LogP) is 4.94. The van der Waals surface area contributed by atoms with Crippen LogP contribution in [0.3, 0.4) is 0 Å². The van der Waals surface area contributed by atoms with Gasteiger partial charge in [-0.15, -0.1) is 0 Å². The van der Waals surface area contributed by atoms with Crippen molar-refractivity contribution in [3.63, 3.8) is 0 Å². The SMILES string of the molecule is CCc1c(NC(=O)[C@H](CCN)NC(=O)[C@@H]2Cc3ccccc3CN2C(=O)CCC(=O)c2ccccc2)ccc(Cl)c1Cl. The smallest absolute Gasteiger partial charge is 0.247 e. The Morgan fingerprint density at radius 1 is 0.952 bits per heavy atom. The van der Waals surface area contributed by atoms with Crippen LogP contribution in [0, 0.1) is 0 Å². The standard InChI is InChI=1S/C32H34Cl2N4O4/c1-2-23-25(13-12-24(33)30(23)34)36-31(41)26(16-17-35)37-32(42)27-18-21-10-6-7-11-22(21)19-38(27)29(40)15-14-28(39)20-8-4-3-5-9-20/h3-13,26-27H,2,14-19,35H2,1H3,(H,36,41)(H,37,42)/t26-,27-/m0/s1. The van der Waals surface area contributed by atoms with Gasteiger partial charge in [-0.05, 0) is 48.2 Å². The van der Waals surface area contributed by atoms with Crippen molar-refractivity contribution in [3.8, 4) is 0 Å². The first-order valence-electron chi connectivity index (χ1n) is 14.0. The van der Waals surface area contributed by atoms with Crippen molar-refractivity contribution < 1.29 is 19.2 Å². The Bertz CT molecular complexity index is 1460. The second-order valence-corrected chi connectivity index (χ2v) is 11.0. The average Bonchev–Trinajstić information content (AvgIpc) is 3.01. The number of nitrogens with two attached hydrogens (primary N) is 1. The molecule has 0 radical (unpaired) electrons. The fourth-order valence-corrected chi connectivity index (χ4v) is 5.61. The summed E-state index contributed by atoms with van der Waals surface area (Å²) in [7, 11) is 0. The van der Waals surface area contributed by atoms with Crippen LogP contribution in [0.5, 0.6) is 0 Å². The Morgan fingerprint density at radius 2 is 1.64 bits per heavy atom. The summed E-state index contributed by atoms with van der Waals surface area (Å²) < 4.78 is 0. The quantitative estimate of drug-likeness (QED) is 0.266. The number of hydrogen-bond donors (Lipinski definition) is 3. The molecule has 8 nitrogen and oxygen atoms in total. The van der Waals surface area contributed by atoms with Crippen molar-refractivity contribution >= 4 is 52.4 Å². The molecule has 1 aliphatic heterocycles. The zero-order chi connectivity index (χ0) is 30.2. The van der Waals surface area contributed by atoms with Gasteiger partial charge in [-0.1, -0.05) is 84.7 Å². The second-order valence-electron chi connectivity index (χ2n) is 10.2. The zero-order valence-corrected chi connectivity index (χ0v) is 24.9. The van der Waals surface area contributed by atoms with Crippen LogP contribution in [0.15, 0.2) is 66.7 Å². The minimum atomic E-state index is -0.949. The number of nitrogens with zero attached hydrogens (tertiary/aromatic N) is 1. The van der Waals surface area contributed by atoms with Gasteiger partial charge in [0, 0.05) is 37.1 Å². The highest BCUT2D eigenvalue weighted by Crippen LogP contribution is 2.32.